The summed E-state index contributed by atoms with van der Waals surface area (Å²) in [6.07, 6.45) is 0.895. The molecule has 5 rings (SSSR count). The number of guanidine groups is 1. The van der Waals surface area contributed by atoms with Crippen LogP contribution < -0.4 is 0 Å². The molecule has 2 fully saturated rings. The van der Waals surface area contributed by atoms with Gasteiger partial charge in [0.05, 0.1) is 11.2 Å². The Morgan fingerprint density at radius 1 is 1.12 bits per heavy atom. The zero-order chi connectivity index (χ0) is 18.2. The van der Waals surface area contributed by atoms with Crippen LogP contribution in [0.15, 0.2) is 22.2 Å². The van der Waals surface area contributed by atoms with Crippen molar-refractivity contribution in [2.75, 3.05) is 33.2 Å². The summed E-state index contributed by atoms with van der Waals surface area (Å²) in [5, 5.41) is 6.86. The summed E-state index contributed by atoms with van der Waals surface area (Å²) in [6.45, 7) is 7.84. The van der Waals surface area contributed by atoms with Crippen LogP contribution in [0.4, 0.5) is 14.5 Å². The first-order valence-corrected chi connectivity index (χ1v) is 9.29. The van der Waals surface area contributed by atoms with Crippen LogP contribution in [0.5, 0.6) is 0 Å². The molecule has 1 aromatic rings. The molecule has 1 aliphatic carbocycles. The van der Waals surface area contributed by atoms with Crippen LogP contribution in [-0.2, 0) is 5.54 Å². The predicted molar refractivity (Wildman–Crippen MR) is 96.4 cm³/mol. The Morgan fingerprint density at radius 2 is 1.81 bits per heavy atom. The average Bonchev–Trinajstić information content (AvgIpc) is 3.20. The van der Waals surface area contributed by atoms with Crippen molar-refractivity contribution < 1.29 is 8.78 Å². The summed E-state index contributed by atoms with van der Waals surface area (Å²) in [5.74, 6) is -0.173. The minimum absolute atomic E-state index is 0.324. The van der Waals surface area contributed by atoms with E-state index < -0.39 is 11.6 Å². The van der Waals surface area contributed by atoms with Crippen LogP contribution in [0.2, 0.25) is 0 Å². The van der Waals surface area contributed by atoms with E-state index in [1.807, 2.05) is 11.9 Å². The lowest BCUT2D eigenvalue weighted by Gasteiger charge is -2.44. The molecule has 3 atom stereocenters. The second-order valence-corrected chi connectivity index (χ2v) is 8.06. The first-order valence-electron chi connectivity index (χ1n) is 9.29. The molecule has 4 aliphatic rings. The predicted octanol–water partition coefficient (Wildman–Crippen LogP) is 2.76. The van der Waals surface area contributed by atoms with Gasteiger partial charge in [0, 0.05) is 43.5 Å². The fraction of sp³-hybridized carbons (Fsp3) is 0.579. The van der Waals surface area contributed by atoms with Gasteiger partial charge in [0.2, 0.25) is 5.96 Å². The van der Waals surface area contributed by atoms with Crippen molar-refractivity contribution in [2.24, 2.45) is 21.9 Å². The monoisotopic (exact) mass is 359 g/mol. The number of likely N-dealkylation sites (N-methyl/N-ethyl adjacent to an activating group) is 1. The van der Waals surface area contributed by atoms with Gasteiger partial charge < -0.3 is 9.80 Å². The maximum absolute atomic E-state index is 14.1. The van der Waals surface area contributed by atoms with Gasteiger partial charge in [-0.1, -0.05) is 6.92 Å². The number of rotatable bonds is 0. The molecule has 0 aromatic heterocycles. The first kappa shape index (κ1) is 16.2. The molecular weight excluding hydrogens is 336 g/mol. The Labute approximate surface area is 152 Å². The summed E-state index contributed by atoms with van der Waals surface area (Å²) in [6, 6.07) is 2.59. The number of benzene rings is 1. The van der Waals surface area contributed by atoms with Crippen LogP contribution in [-0.4, -0.2) is 59.7 Å². The highest BCUT2D eigenvalue weighted by Crippen LogP contribution is 2.68. The van der Waals surface area contributed by atoms with Crippen molar-refractivity contribution in [3.63, 3.8) is 0 Å². The largest absolute Gasteiger partial charge is 0.338 e. The lowest BCUT2D eigenvalue weighted by Crippen LogP contribution is -2.56. The second kappa shape index (κ2) is 5.25. The third kappa shape index (κ3) is 1.98. The minimum atomic E-state index is -0.838. The lowest BCUT2D eigenvalue weighted by atomic mass is 9.94. The number of nitrogens with zero attached hydrogens (tertiary/aromatic N) is 5. The summed E-state index contributed by atoms with van der Waals surface area (Å²) in [5.41, 5.74) is 2.02. The number of aliphatic imine (C=N–C) groups is 1. The van der Waals surface area contributed by atoms with E-state index in [0.29, 0.717) is 17.5 Å². The normalized spacial score (nSPS) is 33.1. The number of hydrogen-bond acceptors (Lipinski definition) is 5. The minimum Gasteiger partial charge on any atom is -0.338 e. The van der Waals surface area contributed by atoms with Gasteiger partial charge in [-0.15, -0.1) is 0 Å². The van der Waals surface area contributed by atoms with Gasteiger partial charge in [-0.05, 0) is 38.3 Å². The first-order chi connectivity index (χ1) is 12.4. The maximum atomic E-state index is 14.1. The molecule has 1 saturated carbocycles. The molecule has 3 aliphatic heterocycles. The Kier molecular flexibility index (Phi) is 3.27. The Hall–Kier alpha value is -2.02. The van der Waals surface area contributed by atoms with Gasteiger partial charge in [-0.3, -0.25) is 0 Å². The smallest absolute Gasteiger partial charge is 0.223 e. The molecule has 1 aromatic carbocycles. The highest BCUT2D eigenvalue weighted by molar-refractivity contribution is 5.93. The topological polar surface area (TPSA) is 34.4 Å². The number of hydrogen-bond donors (Lipinski definition) is 0. The van der Waals surface area contributed by atoms with Crippen molar-refractivity contribution >= 4 is 17.4 Å². The quantitative estimate of drug-likeness (QED) is 0.714. The van der Waals surface area contributed by atoms with Gasteiger partial charge in [0.25, 0.3) is 0 Å². The Balaban J connectivity index is 1.68. The van der Waals surface area contributed by atoms with Gasteiger partial charge >= 0.3 is 0 Å². The van der Waals surface area contributed by atoms with Crippen molar-refractivity contribution in [1.29, 1.82) is 0 Å². The summed E-state index contributed by atoms with van der Waals surface area (Å²) in [7, 11) is 2.11. The van der Waals surface area contributed by atoms with E-state index in [4.69, 9.17) is 10.1 Å². The number of piperazine rings is 1. The standard InChI is InChI=1S/C19H23F2N5/c1-11-8-13-12(2)19(13)14-9-15(20)16(21)10-17(14)22-18(26(19)23-11)25-6-4-24(3)5-7-25/h9-10,12-13H,4-8H2,1-3H3. The van der Waals surface area contributed by atoms with Gasteiger partial charge in [-0.25, -0.2) is 18.8 Å². The van der Waals surface area contributed by atoms with Gasteiger partial charge in [0.15, 0.2) is 11.6 Å². The molecule has 1 saturated heterocycles. The molecule has 7 heteroatoms. The van der Waals surface area contributed by atoms with Crippen LogP contribution >= 0.6 is 0 Å². The molecule has 3 heterocycles. The van der Waals surface area contributed by atoms with Crippen LogP contribution in [0.1, 0.15) is 25.8 Å². The fourth-order valence-electron chi connectivity index (χ4n) is 5.01. The average molecular weight is 359 g/mol. The van der Waals surface area contributed by atoms with E-state index in [0.717, 1.165) is 49.8 Å². The highest BCUT2D eigenvalue weighted by atomic mass is 19.2. The fourth-order valence-corrected chi connectivity index (χ4v) is 5.01. The molecule has 5 nitrogen and oxygen atoms in total. The lowest BCUT2D eigenvalue weighted by molar-refractivity contribution is 0.166. The van der Waals surface area contributed by atoms with Gasteiger partial charge in [0.1, 0.15) is 0 Å². The number of hydrazone groups is 1. The SMILES string of the molecule is CC1=NN2C(N3CCN(C)CC3)=Nc3cc(F)c(F)cc3C23C(C)C3C1. The molecule has 1 spiro atoms. The van der Waals surface area contributed by atoms with E-state index in [2.05, 4.69) is 23.8 Å². The summed E-state index contributed by atoms with van der Waals surface area (Å²) >= 11 is 0. The van der Waals surface area contributed by atoms with E-state index in [1.54, 1.807) is 0 Å². The van der Waals surface area contributed by atoms with E-state index >= 15 is 0 Å². The Morgan fingerprint density at radius 3 is 2.54 bits per heavy atom. The molecule has 3 unspecified atom stereocenters. The number of fused-ring (bicyclic) bond motifs is 1. The third-order valence-corrected chi connectivity index (χ3v) is 6.56. The highest BCUT2D eigenvalue weighted by Gasteiger charge is 2.71. The molecule has 26 heavy (non-hydrogen) atoms. The van der Waals surface area contributed by atoms with Crippen molar-refractivity contribution in [3.05, 3.63) is 29.3 Å². The summed E-state index contributed by atoms with van der Waals surface area (Å²) < 4.78 is 28.0. The van der Waals surface area contributed by atoms with Crippen LogP contribution in [0.3, 0.4) is 0 Å². The zero-order valence-corrected chi connectivity index (χ0v) is 15.3. The zero-order valence-electron chi connectivity index (χ0n) is 15.3. The van der Waals surface area contributed by atoms with E-state index in [1.165, 1.54) is 12.1 Å². The van der Waals surface area contributed by atoms with Gasteiger partial charge in [-0.2, -0.15) is 5.10 Å². The van der Waals surface area contributed by atoms with Crippen molar-refractivity contribution in [2.45, 2.75) is 25.8 Å². The van der Waals surface area contributed by atoms with E-state index in [9.17, 15) is 8.78 Å². The maximum Gasteiger partial charge on any atom is 0.223 e. The molecule has 0 radical (unpaired) electrons. The third-order valence-electron chi connectivity index (χ3n) is 6.56. The second-order valence-electron chi connectivity index (χ2n) is 8.06. The molecule has 0 N–H and O–H groups in total. The summed E-state index contributed by atoms with van der Waals surface area (Å²) in [4.78, 5) is 9.27. The van der Waals surface area contributed by atoms with Crippen molar-refractivity contribution in [3.8, 4) is 0 Å². The number of halogens is 2. The molecular formula is C19H23F2N5. The molecule has 0 amide bonds. The van der Waals surface area contributed by atoms with Crippen LogP contribution in [0.25, 0.3) is 0 Å². The van der Waals surface area contributed by atoms with Crippen LogP contribution in [0, 0.1) is 23.5 Å². The van der Waals surface area contributed by atoms with Crippen molar-refractivity contribution in [1.82, 2.24) is 14.8 Å². The molecule has 138 valence electrons. The Bertz CT molecular complexity index is 843. The van der Waals surface area contributed by atoms with E-state index in [-0.39, 0.29) is 5.54 Å². The molecule has 0 bridgehead atoms.